The van der Waals surface area contributed by atoms with Crippen molar-refractivity contribution in [3.05, 3.63) is 89.8 Å². The van der Waals surface area contributed by atoms with Crippen molar-refractivity contribution >= 4 is 17.3 Å². The zero-order valence-corrected chi connectivity index (χ0v) is 14.6. The largest absolute Gasteiger partial charge is 0.478 e. The molecule has 0 fully saturated rings. The summed E-state index contributed by atoms with van der Waals surface area (Å²) in [6.45, 7) is 0. The molecule has 0 aliphatic carbocycles. The zero-order chi connectivity index (χ0) is 17.9. The van der Waals surface area contributed by atoms with Crippen LogP contribution in [0.1, 0.15) is 10.4 Å². The topological polar surface area (TPSA) is 50.2 Å². The number of aromatic carboxylic acids is 1. The van der Waals surface area contributed by atoms with E-state index in [1.165, 1.54) is 0 Å². The number of hydrogen-bond donors (Lipinski definition) is 1. The molecule has 0 radical (unpaired) electrons. The van der Waals surface area contributed by atoms with Gasteiger partial charge in [-0.3, -0.25) is 0 Å². The Hall–Kier alpha value is -3.24. The molecule has 0 spiro atoms. The molecule has 0 saturated heterocycles. The molecule has 4 aromatic rings. The van der Waals surface area contributed by atoms with E-state index in [0.29, 0.717) is 0 Å². The summed E-state index contributed by atoms with van der Waals surface area (Å²) < 4.78 is 0. The first kappa shape index (κ1) is 16.2. The van der Waals surface area contributed by atoms with Gasteiger partial charge in [0.25, 0.3) is 0 Å². The molecule has 0 aliphatic rings. The minimum Gasteiger partial charge on any atom is -0.478 e. The summed E-state index contributed by atoms with van der Waals surface area (Å²) in [7, 11) is 0. The van der Waals surface area contributed by atoms with Gasteiger partial charge in [0, 0.05) is 16.5 Å². The predicted molar refractivity (Wildman–Crippen MR) is 105 cm³/mol. The Morgan fingerprint density at radius 2 is 1.42 bits per heavy atom. The van der Waals surface area contributed by atoms with Gasteiger partial charge in [-0.15, -0.1) is 11.3 Å². The van der Waals surface area contributed by atoms with Gasteiger partial charge in [-0.2, -0.15) is 0 Å². The minimum absolute atomic E-state index is 0.285. The van der Waals surface area contributed by atoms with E-state index in [1.807, 2.05) is 48.5 Å². The van der Waals surface area contributed by atoms with E-state index < -0.39 is 5.97 Å². The van der Waals surface area contributed by atoms with Crippen LogP contribution in [0.4, 0.5) is 0 Å². The Morgan fingerprint density at radius 1 is 0.769 bits per heavy atom. The fraction of sp³-hybridized carbons (Fsp3) is 0. The molecule has 4 heteroatoms. The van der Waals surface area contributed by atoms with Gasteiger partial charge < -0.3 is 5.11 Å². The van der Waals surface area contributed by atoms with Crippen molar-refractivity contribution in [2.75, 3.05) is 0 Å². The molecular formula is C22H15NO2S. The fourth-order valence-corrected chi connectivity index (χ4v) is 3.64. The highest BCUT2D eigenvalue weighted by atomic mass is 32.1. The summed E-state index contributed by atoms with van der Waals surface area (Å²) in [6, 6.07) is 25.1. The van der Waals surface area contributed by atoms with E-state index in [9.17, 15) is 9.90 Å². The molecule has 0 atom stereocenters. The molecule has 1 heterocycles. The van der Waals surface area contributed by atoms with E-state index in [-0.39, 0.29) is 5.56 Å². The third kappa shape index (κ3) is 3.27. The van der Waals surface area contributed by atoms with Crippen LogP contribution in [0.2, 0.25) is 0 Å². The van der Waals surface area contributed by atoms with Crippen LogP contribution in [-0.2, 0) is 0 Å². The fourth-order valence-electron chi connectivity index (χ4n) is 2.81. The highest BCUT2D eigenvalue weighted by molar-refractivity contribution is 7.13. The Morgan fingerprint density at radius 3 is 2.19 bits per heavy atom. The summed E-state index contributed by atoms with van der Waals surface area (Å²) >= 11 is 1.62. The maximum absolute atomic E-state index is 11.2. The number of nitrogens with zero attached hydrogens (tertiary/aromatic N) is 1. The molecular weight excluding hydrogens is 342 g/mol. The summed E-state index contributed by atoms with van der Waals surface area (Å²) in [5.74, 6) is -0.921. The van der Waals surface area contributed by atoms with Crippen LogP contribution in [0.5, 0.6) is 0 Å². The first-order valence-corrected chi connectivity index (χ1v) is 9.04. The molecule has 3 aromatic carbocycles. The van der Waals surface area contributed by atoms with Gasteiger partial charge in [0.05, 0.1) is 11.3 Å². The Balaban J connectivity index is 1.70. The van der Waals surface area contributed by atoms with Crippen molar-refractivity contribution in [2.45, 2.75) is 0 Å². The first-order chi connectivity index (χ1) is 12.7. The second kappa shape index (κ2) is 6.94. The van der Waals surface area contributed by atoms with Crippen molar-refractivity contribution in [1.82, 2.24) is 4.98 Å². The van der Waals surface area contributed by atoms with Crippen LogP contribution in [0.25, 0.3) is 33.0 Å². The number of rotatable bonds is 4. The zero-order valence-electron chi connectivity index (χ0n) is 13.8. The van der Waals surface area contributed by atoms with Gasteiger partial charge in [-0.05, 0) is 29.3 Å². The summed E-state index contributed by atoms with van der Waals surface area (Å²) in [5.41, 5.74) is 5.18. The molecule has 126 valence electrons. The molecule has 0 saturated carbocycles. The van der Waals surface area contributed by atoms with E-state index >= 15 is 0 Å². The Labute approximate surface area is 155 Å². The maximum atomic E-state index is 11.2. The van der Waals surface area contributed by atoms with Gasteiger partial charge in [-0.25, -0.2) is 9.78 Å². The summed E-state index contributed by atoms with van der Waals surface area (Å²) in [6.07, 6.45) is 0. The second-order valence-corrected chi connectivity index (χ2v) is 6.73. The maximum Gasteiger partial charge on any atom is 0.335 e. The van der Waals surface area contributed by atoms with Crippen LogP contribution < -0.4 is 0 Å². The number of carboxylic acids is 1. The number of aromatic nitrogens is 1. The van der Waals surface area contributed by atoms with E-state index in [2.05, 4.69) is 17.5 Å². The Kier molecular flexibility index (Phi) is 4.33. The van der Waals surface area contributed by atoms with E-state index in [0.717, 1.165) is 33.0 Å². The van der Waals surface area contributed by atoms with Crippen molar-refractivity contribution in [2.24, 2.45) is 0 Å². The normalized spacial score (nSPS) is 10.6. The first-order valence-electron chi connectivity index (χ1n) is 8.16. The monoisotopic (exact) mass is 357 g/mol. The van der Waals surface area contributed by atoms with Gasteiger partial charge in [-0.1, -0.05) is 60.7 Å². The van der Waals surface area contributed by atoms with Gasteiger partial charge >= 0.3 is 5.97 Å². The highest BCUT2D eigenvalue weighted by Gasteiger charge is 2.09. The van der Waals surface area contributed by atoms with E-state index in [4.69, 9.17) is 4.98 Å². The van der Waals surface area contributed by atoms with Crippen molar-refractivity contribution in [1.29, 1.82) is 0 Å². The standard InChI is InChI=1S/C22H15NO2S/c24-22(25)19-11-5-9-17(13-19)16-8-4-10-18(12-16)20-14-26-21(23-20)15-6-2-1-3-7-15/h1-14H,(H,24,25). The lowest BCUT2D eigenvalue weighted by Gasteiger charge is -2.05. The molecule has 0 unspecified atom stereocenters. The number of carbonyl (C=O) groups is 1. The molecule has 0 amide bonds. The second-order valence-electron chi connectivity index (χ2n) is 5.87. The van der Waals surface area contributed by atoms with E-state index in [1.54, 1.807) is 29.5 Å². The highest BCUT2D eigenvalue weighted by Crippen LogP contribution is 2.31. The van der Waals surface area contributed by atoms with Crippen molar-refractivity contribution < 1.29 is 9.90 Å². The number of hydrogen-bond acceptors (Lipinski definition) is 3. The summed E-state index contributed by atoms with van der Waals surface area (Å²) in [5, 5.41) is 12.2. The lowest BCUT2D eigenvalue weighted by molar-refractivity contribution is 0.0697. The minimum atomic E-state index is -0.921. The molecule has 26 heavy (non-hydrogen) atoms. The van der Waals surface area contributed by atoms with Crippen LogP contribution in [0, 0.1) is 0 Å². The number of benzene rings is 3. The third-order valence-electron chi connectivity index (χ3n) is 4.13. The lowest BCUT2D eigenvalue weighted by Crippen LogP contribution is -1.95. The smallest absolute Gasteiger partial charge is 0.335 e. The molecule has 0 aliphatic heterocycles. The lowest BCUT2D eigenvalue weighted by atomic mass is 10.0. The molecule has 1 aromatic heterocycles. The van der Waals surface area contributed by atoms with Gasteiger partial charge in [0.1, 0.15) is 5.01 Å². The Bertz CT molecular complexity index is 1070. The van der Waals surface area contributed by atoms with Crippen LogP contribution in [0.3, 0.4) is 0 Å². The van der Waals surface area contributed by atoms with Crippen molar-refractivity contribution in [3.63, 3.8) is 0 Å². The molecule has 0 bridgehead atoms. The van der Waals surface area contributed by atoms with Crippen LogP contribution >= 0.6 is 11.3 Å². The molecule has 3 nitrogen and oxygen atoms in total. The van der Waals surface area contributed by atoms with Gasteiger partial charge in [0.2, 0.25) is 0 Å². The molecule has 1 N–H and O–H groups in total. The average Bonchev–Trinajstić information content (AvgIpc) is 3.19. The van der Waals surface area contributed by atoms with Crippen LogP contribution in [0.15, 0.2) is 84.2 Å². The summed E-state index contributed by atoms with van der Waals surface area (Å²) in [4.78, 5) is 16.0. The average molecular weight is 357 g/mol. The quantitative estimate of drug-likeness (QED) is 0.499. The molecule has 4 rings (SSSR count). The number of carboxylic acid groups (broad SMARTS) is 1. The number of thiazole rings is 1. The van der Waals surface area contributed by atoms with Gasteiger partial charge in [0.15, 0.2) is 0 Å². The van der Waals surface area contributed by atoms with Crippen molar-refractivity contribution in [3.8, 4) is 33.0 Å². The third-order valence-corrected chi connectivity index (χ3v) is 5.02. The SMILES string of the molecule is O=C(O)c1cccc(-c2cccc(-c3csc(-c4ccccc4)n3)c2)c1. The predicted octanol–water partition coefficient (Wildman–Crippen LogP) is 5.84. The van der Waals surface area contributed by atoms with Crippen LogP contribution in [-0.4, -0.2) is 16.1 Å².